The van der Waals surface area contributed by atoms with Crippen molar-refractivity contribution in [3.8, 4) is 12.3 Å². The van der Waals surface area contributed by atoms with Crippen LogP contribution in [0, 0.1) is 17.8 Å². The molecule has 2 N–H and O–H groups in total. The molecule has 1 aliphatic heterocycles. The third kappa shape index (κ3) is 6.08. The van der Waals surface area contributed by atoms with Crippen LogP contribution in [0.25, 0.3) is 5.57 Å². The molecule has 2 aliphatic rings. The van der Waals surface area contributed by atoms with Crippen LogP contribution in [0.4, 0.5) is 5.69 Å². The second-order valence-electron chi connectivity index (χ2n) is 11.4. The number of nitrogens with one attached hydrogen (secondary N) is 2. The molecule has 36 heavy (non-hydrogen) atoms. The molecule has 1 saturated heterocycles. The second kappa shape index (κ2) is 9.87. The molecule has 1 fully saturated rings. The Morgan fingerprint density at radius 2 is 2.00 bits per heavy atom. The minimum atomic E-state index is -2.91. The summed E-state index contributed by atoms with van der Waals surface area (Å²) in [5.74, 6) is 2.71. The van der Waals surface area contributed by atoms with E-state index in [0.717, 1.165) is 42.6 Å². The van der Waals surface area contributed by atoms with Gasteiger partial charge < -0.3 is 15.2 Å². The fraction of sp³-hybridized carbons (Fsp3) is 0.500. The molecule has 0 saturated carbocycles. The molecule has 0 radical (unpaired) electrons. The summed E-state index contributed by atoms with van der Waals surface area (Å²) in [5.41, 5.74) is 4.61. The van der Waals surface area contributed by atoms with Crippen molar-refractivity contribution in [1.29, 1.82) is 0 Å². The topological polar surface area (TPSA) is 95.2 Å². The number of terminal acetylenes is 1. The summed E-state index contributed by atoms with van der Waals surface area (Å²) in [4.78, 5) is 22.2. The number of sulfone groups is 1. The van der Waals surface area contributed by atoms with Crippen molar-refractivity contribution < 1.29 is 13.2 Å². The highest BCUT2D eigenvalue weighted by Gasteiger charge is 2.30. The number of amides is 1. The number of anilines is 1. The molecule has 4 rings (SSSR count). The molecule has 0 spiro atoms. The molecule has 0 atom stereocenters. The molecular formula is C28H36N4O3S. The summed E-state index contributed by atoms with van der Waals surface area (Å²) >= 11 is 0. The highest BCUT2D eigenvalue weighted by Crippen LogP contribution is 2.41. The molecule has 8 heteroatoms. The fourth-order valence-corrected chi connectivity index (χ4v) is 6.19. The molecule has 1 amide bonds. The van der Waals surface area contributed by atoms with Gasteiger partial charge in [-0.2, -0.15) is 0 Å². The van der Waals surface area contributed by atoms with Crippen LogP contribution < -0.4 is 5.32 Å². The number of imidazole rings is 1. The van der Waals surface area contributed by atoms with Crippen molar-refractivity contribution in [3.63, 3.8) is 0 Å². The van der Waals surface area contributed by atoms with Crippen molar-refractivity contribution in [2.24, 2.45) is 5.41 Å². The highest BCUT2D eigenvalue weighted by atomic mass is 32.2. The quantitative estimate of drug-likeness (QED) is 0.569. The number of rotatable bonds is 6. The van der Waals surface area contributed by atoms with Crippen LogP contribution in [0.2, 0.25) is 0 Å². The molecule has 1 aliphatic carbocycles. The van der Waals surface area contributed by atoms with Gasteiger partial charge in [-0.1, -0.05) is 39.8 Å². The van der Waals surface area contributed by atoms with E-state index in [1.165, 1.54) is 5.57 Å². The zero-order valence-corrected chi connectivity index (χ0v) is 22.5. The lowest BCUT2D eigenvalue weighted by Gasteiger charge is -2.36. The maximum absolute atomic E-state index is 12.9. The second-order valence-corrected chi connectivity index (χ2v) is 13.7. The van der Waals surface area contributed by atoms with E-state index in [2.05, 4.69) is 72.0 Å². The summed E-state index contributed by atoms with van der Waals surface area (Å²) in [6, 6.07) is 6.22. The Hall–Kier alpha value is -2.89. The Morgan fingerprint density at radius 3 is 2.61 bits per heavy atom. The monoisotopic (exact) mass is 508 g/mol. The van der Waals surface area contributed by atoms with Crippen molar-refractivity contribution in [1.82, 2.24) is 14.9 Å². The number of H-pyrrole nitrogens is 1. The Labute approximate surface area is 214 Å². The number of allylic oxidation sites excluding steroid dienone is 2. The first-order chi connectivity index (χ1) is 16.9. The number of nitrogens with zero attached hydrogens (tertiary/aromatic N) is 2. The van der Waals surface area contributed by atoms with Gasteiger partial charge in [0.15, 0.2) is 15.7 Å². The lowest BCUT2D eigenvalue weighted by Crippen LogP contribution is -2.45. The Kier molecular flexibility index (Phi) is 7.18. The molecule has 1 aromatic heterocycles. The largest absolute Gasteiger partial charge is 0.339 e. The van der Waals surface area contributed by atoms with E-state index in [1.54, 1.807) is 6.20 Å². The minimum absolute atomic E-state index is 0.178. The minimum Gasteiger partial charge on any atom is -0.339 e. The van der Waals surface area contributed by atoms with E-state index in [1.807, 2.05) is 6.07 Å². The standard InChI is InChI=1S/C28H36N4O3S/c1-6-22-18-29-25(30-22)26(33)31-24-8-7-21(17-23(24)20-9-11-27(2,3)12-10-20)28(4,5)19-32-13-15-36(34,35)16-14-32/h1,7-9,17-18H,10-16,19H2,2-5H3,(H,29,30)(H,31,33). The molecular weight excluding hydrogens is 472 g/mol. The van der Waals surface area contributed by atoms with E-state index >= 15 is 0 Å². The van der Waals surface area contributed by atoms with Gasteiger partial charge in [-0.25, -0.2) is 13.4 Å². The lowest BCUT2D eigenvalue weighted by atomic mass is 9.75. The van der Waals surface area contributed by atoms with E-state index < -0.39 is 9.84 Å². The van der Waals surface area contributed by atoms with Crippen LogP contribution in [-0.4, -0.2) is 60.3 Å². The smallest absolute Gasteiger partial charge is 0.291 e. The van der Waals surface area contributed by atoms with Crippen LogP contribution in [0.1, 0.15) is 74.4 Å². The number of hydrogen-bond acceptors (Lipinski definition) is 5. The molecule has 0 unspecified atom stereocenters. The van der Waals surface area contributed by atoms with Gasteiger partial charge in [-0.15, -0.1) is 6.42 Å². The summed E-state index contributed by atoms with van der Waals surface area (Å²) in [6.07, 6.45) is 12.2. The predicted octanol–water partition coefficient (Wildman–Crippen LogP) is 4.24. The van der Waals surface area contributed by atoms with Gasteiger partial charge in [-0.3, -0.25) is 4.79 Å². The SMILES string of the molecule is C#Cc1c[nH]c(C(=O)Nc2ccc(C(C)(C)CN3CCS(=O)(=O)CC3)cc2C2=CCC(C)(C)CC2)n1. The van der Waals surface area contributed by atoms with Gasteiger partial charge in [0, 0.05) is 42.5 Å². The first-order valence-corrected chi connectivity index (χ1v) is 14.3. The first kappa shape index (κ1) is 26.2. The van der Waals surface area contributed by atoms with Crippen LogP contribution in [-0.2, 0) is 15.3 Å². The summed E-state index contributed by atoms with van der Waals surface area (Å²) in [5, 5.41) is 3.03. The van der Waals surface area contributed by atoms with Gasteiger partial charge in [0.1, 0.15) is 5.69 Å². The maximum atomic E-state index is 12.9. The van der Waals surface area contributed by atoms with Crippen molar-refractivity contribution in [3.05, 3.63) is 53.1 Å². The zero-order chi connectivity index (χ0) is 26.1. The number of benzene rings is 1. The zero-order valence-electron chi connectivity index (χ0n) is 21.6. The molecule has 2 aromatic rings. The number of carbonyl (C=O) groups excluding carboxylic acids is 1. The van der Waals surface area contributed by atoms with Crippen LogP contribution in [0.15, 0.2) is 30.5 Å². The predicted molar refractivity (Wildman–Crippen MR) is 145 cm³/mol. The van der Waals surface area contributed by atoms with Crippen molar-refractivity contribution >= 4 is 27.0 Å². The summed E-state index contributed by atoms with van der Waals surface area (Å²) in [6.45, 7) is 10.8. The van der Waals surface area contributed by atoms with Crippen molar-refractivity contribution in [2.45, 2.75) is 52.4 Å². The fourth-order valence-electron chi connectivity index (χ4n) is 4.91. The maximum Gasteiger partial charge on any atom is 0.291 e. The average Bonchev–Trinajstić information content (AvgIpc) is 3.30. The van der Waals surface area contributed by atoms with Gasteiger partial charge in [-0.05, 0) is 53.9 Å². The van der Waals surface area contributed by atoms with Crippen LogP contribution in [0.5, 0.6) is 0 Å². The molecule has 1 aromatic carbocycles. The van der Waals surface area contributed by atoms with Gasteiger partial charge in [0.25, 0.3) is 5.91 Å². The molecule has 192 valence electrons. The van der Waals surface area contributed by atoms with Gasteiger partial charge in [0.2, 0.25) is 0 Å². The van der Waals surface area contributed by atoms with E-state index in [9.17, 15) is 13.2 Å². The van der Waals surface area contributed by atoms with Crippen LogP contribution >= 0.6 is 0 Å². The van der Waals surface area contributed by atoms with E-state index in [0.29, 0.717) is 18.8 Å². The normalized spacial score (nSPS) is 19.8. The molecule has 7 nitrogen and oxygen atoms in total. The van der Waals surface area contributed by atoms with Crippen LogP contribution in [0.3, 0.4) is 0 Å². The first-order valence-electron chi connectivity index (χ1n) is 12.5. The number of aromatic amines is 1. The number of carbonyl (C=O) groups is 1. The van der Waals surface area contributed by atoms with E-state index in [4.69, 9.17) is 6.42 Å². The summed E-state index contributed by atoms with van der Waals surface area (Å²) in [7, 11) is -2.91. The highest BCUT2D eigenvalue weighted by molar-refractivity contribution is 7.91. The third-order valence-corrected chi connectivity index (χ3v) is 8.97. The van der Waals surface area contributed by atoms with Gasteiger partial charge in [0.05, 0.1) is 11.5 Å². The number of hydrogen-bond donors (Lipinski definition) is 2. The Bertz CT molecular complexity index is 1310. The average molecular weight is 509 g/mol. The summed E-state index contributed by atoms with van der Waals surface area (Å²) < 4.78 is 23.7. The molecule has 2 heterocycles. The Balaban J connectivity index is 1.63. The Morgan fingerprint density at radius 1 is 1.28 bits per heavy atom. The van der Waals surface area contributed by atoms with Gasteiger partial charge >= 0.3 is 0 Å². The third-order valence-electron chi connectivity index (χ3n) is 7.36. The number of aromatic nitrogens is 2. The molecule has 0 bridgehead atoms. The van der Waals surface area contributed by atoms with E-state index in [-0.39, 0.29) is 34.1 Å². The lowest BCUT2D eigenvalue weighted by molar-refractivity contribution is 0.101. The van der Waals surface area contributed by atoms with Crippen molar-refractivity contribution in [2.75, 3.05) is 36.5 Å².